The molecule has 0 aliphatic heterocycles. The molecule has 1 heterocycles. The summed E-state index contributed by atoms with van der Waals surface area (Å²) in [6.45, 7) is 3.39. The van der Waals surface area contributed by atoms with Gasteiger partial charge in [-0.3, -0.25) is 9.59 Å². The van der Waals surface area contributed by atoms with Crippen LogP contribution in [0.3, 0.4) is 0 Å². The molecular formula is C17H20FN3O5S. The summed E-state index contributed by atoms with van der Waals surface area (Å²) in [6, 6.07) is 5.67. The van der Waals surface area contributed by atoms with Gasteiger partial charge in [0.1, 0.15) is 5.82 Å². The molecule has 1 aromatic heterocycles. The van der Waals surface area contributed by atoms with Gasteiger partial charge in [-0.05, 0) is 44.2 Å². The number of sulfonamides is 1. The molecule has 0 aliphatic carbocycles. The van der Waals surface area contributed by atoms with Crippen LogP contribution >= 0.6 is 0 Å². The molecule has 0 fully saturated rings. The normalized spacial score (nSPS) is 11.4. The van der Waals surface area contributed by atoms with Crippen molar-refractivity contribution < 1.29 is 26.8 Å². The molecule has 0 unspecified atom stereocenters. The molecule has 2 aromatic rings. The molecule has 10 heteroatoms. The zero-order valence-electron chi connectivity index (χ0n) is 14.8. The van der Waals surface area contributed by atoms with E-state index in [1.807, 2.05) is 0 Å². The quantitative estimate of drug-likeness (QED) is 0.580. The molecule has 0 atom stereocenters. The number of halogens is 1. The van der Waals surface area contributed by atoms with Gasteiger partial charge in [0.15, 0.2) is 5.76 Å². The summed E-state index contributed by atoms with van der Waals surface area (Å²) in [6.07, 6.45) is 1.36. The molecule has 0 saturated carbocycles. The van der Waals surface area contributed by atoms with E-state index < -0.39 is 33.2 Å². The number of nitrogens with one attached hydrogen (secondary N) is 3. The molecule has 0 spiro atoms. The van der Waals surface area contributed by atoms with E-state index in [0.717, 1.165) is 18.2 Å². The standard InChI is InChI=1S/C17H20FN3O5S/c1-11(2)21-27(24,25)12-5-6-14(18)13(10-12)16(22)19-7-8-20-17(23)15-4-3-9-26-15/h3-6,9-11,21H,7-8H2,1-2H3,(H,19,22)(H,20,23). The Morgan fingerprint density at radius 1 is 1.11 bits per heavy atom. The van der Waals surface area contributed by atoms with Crippen LogP contribution in [0.4, 0.5) is 4.39 Å². The monoisotopic (exact) mass is 397 g/mol. The summed E-state index contributed by atoms with van der Waals surface area (Å²) >= 11 is 0. The van der Waals surface area contributed by atoms with E-state index in [0.29, 0.717) is 0 Å². The molecule has 3 N–H and O–H groups in total. The van der Waals surface area contributed by atoms with Crippen molar-refractivity contribution in [1.29, 1.82) is 0 Å². The van der Waals surface area contributed by atoms with Crippen molar-refractivity contribution >= 4 is 21.8 Å². The van der Waals surface area contributed by atoms with Crippen LogP contribution in [0.25, 0.3) is 0 Å². The highest BCUT2D eigenvalue weighted by Crippen LogP contribution is 2.15. The zero-order chi connectivity index (χ0) is 20.0. The van der Waals surface area contributed by atoms with Gasteiger partial charge in [-0.2, -0.15) is 0 Å². The van der Waals surface area contributed by atoms with Gasteiger partial charge in [0, 0.05) is 19.1 Å². The highest BCUT2D eigenvalue weighted by Gasteiger charge is 2.20. The lowest BCUT2D eigenvalue weighted by molar-refractivity contribution is 0.0909. The van der Waals surface area contributed by atoms with Crippen LogP contribution < -0.4 is 15.4 Å². The number of carbonyl (C=O) groups excluding carboxylic acids is 2. The number of furan rings is 1. The Kier molecular flexibility index (Phi) is 6.70. The van der Waals surface area contributed by atoms with Gasteiger partial charge >= 0.3 is 0 Å². The number of amides is 2. The number of hydrogen-bond donors (Lipinski definition) is 3. The highest BCUT2D eigenvalue weighted by molar-refractivity contribution is 7.89. The average molecular weight is 397 g/mol. The summed E-state index contributed by atoms with van der Waals surface area (Å²) in [5.41, 5.74) is -0.404. The molecule has 2 rings (SSSR count). The number of hydrogen-bond acceptors (Lipinski definition) is 5. The lowest BCUT2D eigenvalue weighted by Gasteiger charge is -2.11. The van der Waals surface area contributed by atoms with E-state index in [9.17, 15) is 22.4 Å². The van der Waals surface area contributed by atoms with Gasteiger partial charge in [-0.15, -0.1) is 0 Å². The summed E-state index contributed by atoms with van der Waals surface area (Å²) < 4.78 is 45.5. The highest BCUT2D eigenvalue weighted by atomic mass is 32.2. The Labute approximate surface area is 156 Å². The lowest BCUT2D eigenvalue weighted by Crippen LogP contribution is -2.35. The first-order chi connectivity index (χ1) is 12.7. The van der Waals surface area contributed by atoms with E-state index in [4.69, 9.17) is 4.42 Å². The minimum absolute atomic E-state index is 0.0198. The second kappa shape index (κ2) is 8.78. The molecule has 0 aliphatic rings. The Hall–Kier alpha value is -2.72. The van der Waals surface area contributed by atoms with Crippen LogP contribution in [0.2, 0.25) is 0 Å². The fraction of sp³-hybridized carbons (Fsp3) is 0.294. The van der Waals surface area contributed by atoms with Crippen LogP contribution in [0, 0.1) is 5.82 Å². The largest absolute Gasteiger partial charge is 0.459 e. The smallest absolute Gasteiger partial charge is 0.287 e. The van der Waals surface area contributed by atoms with Gasteiger partial charge in [-0.25, -0.2) is 17.5 Å². The van der Waals surface area contributed by atoms with Crippen molar-refractivity contribution in [3.63, 3.8) is 0 Å². The maximum Gasteiger partial charge on any atom is 0.287 e. The van der Waals surface area contributed by atoms with E-state index in [1.54, 1.807) is 19.9 Å². The van der Waals surface area contributed by atoms with Crippen LogP contribution in [0.5, 0.6) is 0 Å². The maximum absolute atomic E-state index is 13.9. The Bertz CT molecular complexity index is 911. The first-order valence-electron chi connectivity index (χ1n) is 8.12. The van der Waals surface area contributed by atoms with Gasteiger partial charge in [0.2, 0.25) is 10.0 Å². The Balaban J connectivity index is 1.97. The molecule has 0 radical (unpaired) electrons. The summed E-state index contributed by atoms with van der Waals surface area (Å²) in [5.74, 6) is -1.96. The van der Waals surface area contributed by atoms with E-state index in [2.05, 4.69) is 15.4 Å². The van der Waals surface area contributed by atoms with E-state index in [1.165, 1.54) is 12.3 Å². The minimum atomic E-state index is -3.86. The van der Waals surface area contributed by atoms with Gasteiger partial charge in [-0.1, -0.05) is 0 Å². The second-order valence-electron chi connectivity index (χ2n) is 5.91. The second-order valence-corrected chi connectivity index (χ2v) is 7.62. The number of carbonyl (C=O) groups is 2. The summed E-state index contributed by atoms with van der Waals surface area (Å²) in [7, 11) is -3.86. The predicted molar refractivity (Wildman–Crippen MR) is 95.2 cm³/mol. The van der Waals surface area contributed by atoms with Gasteiger partial charge in [0.05, 0.1) is 16.7 Å². The fourth-order valence-electron chi connectivity index (χ4n) is 2.17. The van der Waals surface area contributed by atoms with Crippen molar-refractivity contribution in [3.05, 3.63) is 53.7 Å². The minimum Gasteiger partial charge on any atom is -0.459 e. The third kappa shape index (κ3) is 5.63. The maximum atomic E-state index is 13.9. The Morgan fingerprint density at radius 2 is 1.78 bits per heavy atom. The SMILES string of the molecule is CC(C)NS(=O)(=O)c1ccc(F)c(C(=O)NCCNC(=O)c2ccco2)c1. The van der Waals surface area contributed by atoms with Crippen molar-refractivity contribution in [2.45, 2.75) is 24.8 Å². The molecule has 2 amide bonds. The molecular weight excluding hydrogens is 377 g/mol. The molecule has 146 valence electrons. The third-order valence-electron chi connectivity index (χ3n) is 3.32. The van der Waals surface area contributed by atoms with Crippen LogP contribution in [0.15, 0.2) is 45.9 Å². The molecule has 1 aromatic carbocycles. The lowest BCUT2D eigenvalue weighted by atomic mass is 10.2. The molecule has 8 nitrogen and oxygen atoms in total. The van der Waals surface area contributed by atoms with Crippen molar-refractivity contribution in [3.8, 4) is 0 Å². The van der Waals surface area contributed by atoms with Crippen molar-refractivity contribution in [2.24, 2.45) is 0 Å². The van der Waals surface area contributed by atoms with Crippen LogP contribution in [0.1, 0.15) is 34.8 Å². The third-order valence-corrected chi connectivity index (χ3v) is 4.98. The van der Waals surface area contributed by atoms with E-state index >= 15 is 0 Å². The molecule has 27 heavy (non-hydrogen) atoms. The zero-order valence-corrected chi connectivity index (χ0v) is 15.6. The number of benzene rings is 1. The topological polar surface area (TPSA) is 118 Å². The van der Waals surface area contributed by atoms with Gasteiger partial charge in [0.25, 0.3) is 11.8 Å². The van der Waals surface area contributed by atoms with Crippen molar-refractivity contribution in [2.75, 3.05) is 13.1 Å². The molecule has 0 bridgehead atoms. The Morgan fingerprint density at radius 3 is 2.37 bits per heavy atom. The van der Waals surface area contributed by atoms with Crippen LogP contribution in [-0.4, -0.2) is 39.4 Å². The van der Waals surface area contributed by atoms with Crippen molar-refractivity contribution in [1.82, 2.24) is 15.4 Å². The van der Waals surface area contributed by atoms with E-state index in [-0.39, 0.29) is 29.8 Å². The van der Waals surface area contributed by atoms with Gasteiger partial charge < -0.3 is 15.1 Å². The first-order valence-corrected chi connectivity index (χ1v) is 9.61. The molecule has 0 saturated heterocycles. The first kappa shape index (κ1) is 20.6. The summed E-state index contributed by atoms with van der Waals surface area (Å²) in [5, 5.41) is 4.94. The number of rotatable bonds is 8. The summed E-state index contributed by atoms with van der Waals surface area (Å²) in [4.78, 5) is 23.6. The van der Waals surface area contributed by atoms with Crippen LogP contribution in [-0.2, 0) is 10.0 Å². The average Bonchev–Trinajstić information content (AvgIpc) is 3.12. The predicted octanol–water partition coefficient (Wildman–Crippen LogP) is 1.27. The fourth-order valence-corrected chi connectivity index (χ4v) is 3.44.